The second-order valence-electron chi connectivity index (χ2n) is 3.60. The van der Waals surface area contributed by atoms with Crippen LogP contribution in [0.5, 0.6) is 0 Å². The molecule has 0 saturated carbocycles. The van der Waals surface area contributed by atoms with Gasteiger partial charge in [-0.05, 0) is 41.4 Å². The largest absolute Gasteiger partial charge is 0.276 e. The van der Waals surface area contributed by atoms with Gasteiger partial charge in [0.15, 0.2) is 0 Å². The Morgan fingerprint density at radius 2 is 1.72 bits per heavy atom. The molecule has 0 N–H and O–H groups in total. The van der Waals surface area contributed by atoms with E-state index in [2.05, 4.69) is 0 Å². The summed E-state index contributed by atoms with van der Waals surface area (Å²) in [7, 11) is 0. The molecule has 0 heterocycles. The van der Waals surface area contributed by atoms with Crippen LogP contribution < -0.4 is 0 Å². The molecule has 2 rings (SSSR count). The van der Waals surface area contributed by atoms with E-state index in [0.29, 0.717) is 21.2 Å². The summed E-state index contributed by atoms with van der Waals surface area (Å²) < 4.78 is 13.8. The molecule has 2 aromatic carbocycles. The molecule has 92 valence electrons. The molecule has 1 nitrogen and oxygen atoms in total. The van der Waals surface area contributed by atoms with E-state index in [1.54, 1.807) is 18.2 Å². The molecule has 18 heavy (non-hydrogen) atoms. The predicted molar refractivity (Wildman–Crippen MR) is 72.0 cm³/mol. The summed E-state index contributed by atoms with van der Waals surface area (Å²) in [5, 5.41) is 0.0361. The Morgan fingerprint density at radius 1 is 1.00 bits per heavy atom. The van der Waals surface area contributed by atoms with E-state index in [-0.39, 0.29) is 5.56 Å². The van der Waals surface area contributed by atoms with Crippen LogP contribution >= 0.6 is 34.8 Å². The molecule has 5 heteroatoms. The van der Waals surface area contributed by atoms with Gasteiger partial charge in [0.05, 0.1) is 10.0 Å². The van der Waals surface area contributed by atoms with Gasteiger partial charge in [-0.15, -0.1) is 0 Å². The lowest BCUT2D eigenvalue weighted by molar-refractivity contribution is 0.108. The van der Waals surface area contributed by atoms with Crippen molar-refractivity contribution in [3.8, 4) is 11.1 Å². The Balaban J connectivity index is 2.51. The lowest BCUT2D eigenvalue weighted by Gasteiger charge is -2.06. The second kappa shape index (κ2) is 5.27. The Hall–Kier alpha value is -1.09. The highest BCUT2D eigenvalue weighted by Gasteiger charge is 2.10. The molecule has 0 aliphatic heterocycles. The van der Waals surface area contributed by atoms with Crippen molar-refractivity contribution in [1.82, 2.24) is 0 Å². The van der Waals surface area contributed by atoms with Crippen LogP contribution in [-0.2, 0) is 0 Å². The maximum atomic E-state index is 13.8. The average Bonchev–Trinajstić information content (AvgIpc) is 2.32. The van der Waals surface area contributed by atoms with Gasteiger partial charge in [-0.25, -0.2) is 4.39 Å². The van der Waals surface area contributed by atoms with Gasteiger partial charge in [-0.3, -0.25) is 4.79 Å². The van der Waals surface area contributed by atoms with Gasteiger partial charge in [0, 0.05) is 11.1 Å². The topological polar surface area (TPSA) is 17.1 Å². The Kier molecular flexibility index (Phi) is 3.91. The predicted octanol–water partition coefficient (Wildman–Crippen LogP) is 5.18. The summed E-state index contributed by atoms with van der Waals surface area (Å²) in [4.78, 5) is 10.9. The SMILES string of the molecule is O=C(Cl)c1ccc(-c2ccc(Cl)c(Cl)c2)c(F)c1. The smallest absolute Gasteiger partial charge is 0.252 e. The number of halogens is 4. The van der Waals surface area contributed by atoms with E-state index in [0.717, 1.165) is 6.07 Å². The number of benzene rings is 2. The minimum atomic E-state index is -0.699. The van der Waals surface area contributed by atoms with Gasteiger partial charge >= 0.3 is 0 Å². The first kappa shape index (κ1) is 13.3. The standard InChI is InChI=1S/C13H6Cl3FO/c14-10-4-2-7(5-11(10)15)9-3-1-8(13(16)18)6-12(9)17/h1-6H. The minimum Gasteiger partial charge on any atom is -0.276 e. The Bertz CT molecular complexity index is 626. The normalized spacial score (nSPS) is 10.4. The Morgan fingerprint density at radius 3 is 2.28 bits per heavy atom. The number of carbonyl (C=O) groups is 1. The summed E-state index contributed by atoms with van der Waals surface area (Å²) in [6.45, 7) is 0. The highest BCUT2D eigenvalue weighted by Crippen LogP contribution is 2.30. The third-order valence-electron chi connectivity index (χ3n) is 2.43. The molecule has 0 atom stereocenters. The summed E-state index contributed by atoms with van der Waals surface area (Å²) in [6, 6.07) is 8.81. The van der Waals surface area contributed by atoms with Gasteiger partial charge in [0.25, 0.3) is 5.24 Å². The number of carbonyl (C=O) groups excluding carboxylic acids is 1. The molecular weight excluding hydrogens is 297 g/mol. The molecule has 0 spiro atoms. The molecule has 0 aliphatic rings. The third-order valence-corrected chi connectivity index (χ3v) is 3.38. The maximum Gasteiger partial charge on any atom is 0.252 e. The van der Waals surface area contributed by atoms with E-state index >= 15 is 0 Å². The molecule has 2 aromatic rings. The van der Waals surface area contributed by atoms with Crippen molar-refractivity contribution in [3.05, 3.63) is 57.8 Å². The highest BCUT2D eigenvalue weighted by atomic mass is 35.5. The van der Waals surface area contributed by atoms with Crippen molar-refractivity contribution in [1.29, 1.82) is 0 Å². The van der Waals surface area contributed by atoms with Gasteiger partial charge in [0.1, 0.15) is 5.82 Å². The zero-order chi connectivity index (χ0) is 13.3. The third kappa shape index (κ3) is 2.66. The van der Waals surface area contributed by atoms with Crippen molar-refractivity contribution in [3.63, 3.8) is 0 Å². The molecule has 0 aromatic heterocycles. The van der Waals surface area contributed by atoms with Gasteiger partial charge in [-0.2, -0.15) is 0 Å². The van der Waals surface area contributed by atoms with Crippen LogP contribution in [0.3, 0.4) is 0 Å². The van der Waals surface area contributed by atoms with Crippen LogP contribution in [0.15, 0.2) is 36.4 Å². The molecule has 0 aliphatic carbocycles. The molecule has 0 fully saturated rings. The fourth-order valence-corrected chi connectivity index (χ4v) is 1.95. The number of hydrogen-bond donors (Lipinski definition) is 0. The fourth-order valence-electron chi connectivity index (χ4n) is 1.54. The van der Waals surface area contributed by atoms with Crippen LogP contribution in [0.4, 0.5) is 4.39 Å². The fraction of sp³-hybridized carbons (Fsp3) is 0. The molecule has 0 bridgehead atoms. The van der Waals surface area contributed by atoms with Crippen molar-refractivity contribution < 1.29 is 9.18 Å². The lowest BCUT2D eigenvalue weighted by atomic mass is 10.0. The molecule has 0 amide bonds. The number of hydrogen-bond acceptors (Lipinski definition) is 1. The van der Waals surface area contributed by atoms with Crippen molar-refractivity contribution >= 4 is 40.0 Å². The van der Waals surface area contributed by atoms with E-state index in [4.69, 9.17) is 34.8 Å². The first-order chi connectivity index (χ1) is 8.49. The first-order valence-corrected chi connectivity index (χ1v) is 6.07. The van der Waals surface area contributed by atoms with E-state index in [1.807, 2.05) is 0 Å². The van der Waals surface area contributed by atoms with E-state index in [9.17, 15) is 9.18 Å². The summed E-state index contributed by atoms with van der Waals surface area (Å²) >= 11 is 16.9. The Labute approximate surface area is 118 Å². The van der Waals surface area contributed by atoms with Crippen LogP contribution in [0.25, 0.3) is 11.1 Å². The van der Waals surface area contributed by atoms with E-state index < -0.39 is 11.1 Å². The van der Waals surface area contributed by atoms with Gasteiger partial charge < -0.3 is 0 Å². The van der Waals surface area contributed by atoms with E-state index in [1.165, 1.54) is 12.1 Å². The maximum absolute atomic E-state index is 13.8. The number of rotatable bonds is 2. The minimum absolute atomic E-state index is 0.109. The molecule has 0 radical (unpaired) electrons. The zero-order valence-corrected chi connectivity index (χ0v) is 11.2. The average molecular weight is 304 g/mol. The van der Waals surface area contributed by atoms with Gasteiger partial charge in [0.2, 0.25) is 0 Å². The zero-order valence-electron chi connectivity index (χ0n) is 8.88. The van der Waals surface area contributed by atoms with Crippen LogP contribution in [0, 0.1) is 5.82 Å². The quantitative estimate of drug-likeness (QED) is 0.699. The summed E-state index contributed by atoms with van der Waals surface area (Å²) in [5.41, 5.74) is 1.02. The van der Waals surface area contributed by atoms with Gasteiger partial charge in [-0.1, -0.05) is 35.3 Å². The first-order valence-electron chi connectivity index (χ1n) is 4.94. The highest BCUT2D eigenvalue weighted by molar-refractivity contribution is 6.67. The van der Waals surface area contributed by atoms with Crippen molar-refractivity contribution in [2.45, 2.75) is 0 Å². The van der Waals surface area contributed by atoms with Crippen LogP contribution in [0.2, 0.25) is 10.0 Å². The molecule has 0 saturated heterocycles. The summed E-state index contributed by atoms with van der Waals surface area (Å²) in [6.07, 6.45) is 0. The molecule has 0 unspecified atom stereocenters. The summed E-state index contributed by atoms with van der Waals surface area (Å²) in [5.74, 6) is -0.542. The van der Waals surface area contributed by atoms with Crippen molar-refractivity contribution in [2.24, 2.45) is 0 Å². The second-order valence-corrected chi connectivity index (χ2v) is 4.75. The lowest BCUT2D eigenvalue weighted by Crippen LogP contribution is -1.92. The van der Waals surface area contributed by atoms with Crippen molar-refractivity contribution in [2.75, 3.05) is 0 Å². The molecular formula is C13H6Cl3FO. The van der Waals surface area contributed by atoms with Crippen LogP contribution in [0.1, 0.15) is 10.4 Å². The van der Waals surface area contributed by atoms with Crippen LogP contribution in [-0.4, -0.2) is 5.24 Å². The monoisotopic (exact) mass is 302 g/mol.